The van der Waals surface area contributed by atoms with Crippen LogP contribution in [0.2, 0.25) is 0 Å². The average molecular weight is 533 g/mol. The number of rotatable bonds is 7. The van der Waals surface area contributed by atoms with E-state index >= 15 is 0 Å². The standard InChI is InChI=1S/C26H25BrN6O2/c1-2-23(34)33-11-8-17(9-12-33)20-14-29-25-24(20)26(31-16-30-25)32-18-6-7-22(21(27)13-18)35-15-19-5-3-4-10-28-19/h2-7,10,13-14,16-17H,1,8-9,11-12,15H2,(H2,29,30,31,32). The van der Waals surface area contributed by atoms with Crippen molar-refractivity contribution in [3.05, 3.63) is 83.5 Å². The van der Waals surface area contributed by atoms with Crippen LogP contribution in [0.4, 0.5) is 11.5 Å². The third-order valence-electron chi connectivity index (χ3n) is 6.22. The molecule has 2 N–H and O–H groups in total. The van der Waals surface area contributed by atoms with Crippen molar-refractivity contribution in [3.63, 3.8) is 0 Å². The monoisotopic (exact) mass is 532 g/mol. The summed E-state index contributed by atoms with van der Waals surface area (Å²) < 4.78 is 6.75. The second kappa shape index (κ2) is 10.3. The largest absolute Gasteiger partial charge is 0.486 e. The Morgan fingerprint density at radius 3 is 2.83 bits per heavy atom. The number of H-pyrrole nitrogens is 1. The van der Waals surface area contributed by atoms with Crippen LogP contribution < -0.4 is 10.1 Å². The first-order valence-electron chi connectivity index (χ1n) is 11.4. The molecule has 0 saturated carbocycles. The highest BCUT2D eigenvalue weighted by molar-refractivity contribution is 9.10. The second-order valence-electron chi connectivity index (χ2n) is 8.37. The van der Waals surface area contributed by atoms with Crippen LogP contribution in [0.25, 0.3) is 11.0 Å². The number of aromatic amines is 1. The first-order valence-corrected chi connectivity index (χ1v) is 12.2. The zero-order valence-electron chi connectivity index (χ0n) is 19.1. The molecule has 1 aliphatic rings. The summed E-state index contributed by atoms with van der Waals surface area (Å²) in [5.41, 5.74) is 3.70. The third kappa shape index (κ3) is 5.05. The number of amides is 1. The maximum Gasteiger partial charge on any atom is 0.245 e. The number of piperidine rings is 1. The minimum Gasteiger partial charge on any atom is -0.486 e. The van der Waals surface area contributed by atoms with Crippen LogP contribution in [0, 0.1) is 0 Å². The molecule has 178 valence electrons. The Kier molecular flexibility index (Phi) is 6.76. The molecule has 0 bridgehead atoms. The number of carbonyl (C=O) groups is 1. The van der Waals surface area contributed by atoms with Crippen molar-refractivity contribution >= 4 is 44.4 Å². The van der Waals surface area contributed by atoms with Gasteiger partial charge in [0.25, 0.3) is 0 Å². The van der Waals surface area contributed by atoms with Gasteiger partial charge >= 0.3 is 0 Å². The Balaban J connectivity index is 1.33. The van der Waals surface area contributed by atoms with Gasteiger partial charge in [-0.25, -0.2) is 9.97 Å². The number of nitrogens with one attached hydrogen (secondary N) is 2. The van der Waals surface area contributed by atoms with Gasteiger partial charge in [-0.2, -0.15) is 0 Å². The van der Waals surface area contributed by atoms with Crippen LogP contribution in [0.15, 0.2) is 72.2 Å². The third-order valence-corrected chi connectivity index (χ3v) is 6.84. The van der Waals surface area contributed by atoms with E-state index < -0.39 is 0 Å². The molecule has 9 heteroatoms. The number of nitrogens with zero attached hydrogens (tertiary/aromatic N) is 4. The molecule has 1 aliphatic heterocycles. The zero-order valence-corrected chi connectivity index (χ0v) is 20.7. The van der Waals surface area contributed by atoms with Crippen molar-refractivity contribution in [1.29, 1.82) is 0 Å². The number of hydrogen-bond donors (Lipinski definition) is 2. The predicted molar refractivity (Wildman–Crippen MR) is 139 cm³/mol. The summed E-state index contributed by atoms with van der Waals surface area (Å²) in [6, 6.07) is 11.6. The summed E-state index contributed by atoms with van der Waals surface area (Å²) in [6.45, 7) is 5.42. The van der Waals surface area contributed by atoms with Gasteiger partial charge in [0.05, 0.1) is 15.6 Å². The number of ether oxygens (including phenoxy) is 1. The van der Waals surface area contributed by atoms with E-state index in [2.05, 4.69) is 47.8 Å². The lowest BCUT2D eigenvalue weighted by Gasteiger charge is -2.31. The molecular weight excluding hydrogens is 508 g/mol. The number of pyridine rings is 1. The second-order valence-corrected chi connectivity index (χ2v) is 9.23. The molecule has 0 unspecified atom stereocenters. The van der Waals surface area contributed by atoms with E-state index in [4.69, 9.17) is 4.74 Å². The molecule has 0 aliphatic carbocycles. The van der Waals surface area contributed by atoms with Crippen LogP contribution in [-0.2, 0) is 11.4 Å². The van der Waals surface area contributed by atoms with E-state index in [1.807, 2.05) is 47.5 Å². The van der Waals surface area contributed by atoms with Gasteiger partial charge in [-0.1, -0.05) is 12.6 Å². The lowest BCUT2D eigenvalue weighted by Crippen LogP contribution is -2.36. The van der Waals surface area contributed by atoms with E-state index in [0.717, 1.165) is 51.3 Å². The summed E-state index contributed by atoms with van der Waals surface area (Å²) in [6.07, 6.45) is 8.47. The van der Waals surface area contributed by atoms with Crippen molar-refractivity contribution in [2.45, 2.75) is 25.4 Å². The normalized spacial score (nSPS) is 14.1. The molecule has 4 heterocycles. The first-order chi connectivity index (χ1) is 17.1. The molecule has 1 aromatic carbocycles. The number of carbonyl (C=O) groups excluding carboxylic acids is 1. The van der Waals surface area contributed by atoms with Crippen LogP contribution in [0.5, 0.6) is 5.75 Å². The molecule has 4 aromatic rings. The molecule has 1 amide bonds. The van der Waals surface area contributed by atoms with Gasteiger partial charge in [0, 0.05) is 31.2 Å². The Morgan fingerprint density at radius 1 is 1.23 bits per heavy atom. The molecule has 8 nitrogen and oxygen atoms in total. The fraction of sp³-hybridized carbons (Fsp3) is 0.231. The minimum atomic E-state index is -0.00824. The van der Waals surface area contributed by atoms with Crippen molar-refractivity contribution in [3.8, 4) is 5.75 Å². The van der Waals surface area contributed by atoms with Crippen molar-refractivity contribution in [2.24, 2.45) is 0 Å². The van der Waals surface area contributed by atoms with E-state index in [-0.39, 0.29) is 5.91 Å². The Bertz CT molecular complexity index is 1350. The maximum atomic E-state index is 12.0. The van der Waals surface area contributed by atoms with Crippen LogP contribution in [0.1, 0.15) is 30.0 Å². The van der Waals surface area contributed by atoms with Gasteiger partial charge in [0.2, 0.25) is 5.91 Å². The quantitative estimate of drug-likeness (QED) is 0.312. The van der Waals surface area contributed by atoms with Gasteiger partial charge in [-0.15, -0.1) is 0 Å². The number of likely N-dealkylation sites (tertiary alicyclic amines) is 1. The van der Waals surface area contributed by atoms with Gasteiger partial charge in [-0.3, -0.25) is 9.78 Å². The van der Waals surface area contributed by atoms with Crippen molar-refractivity contribution in [1.82, 2.24) is 24.8 Å². The van der Waals surface area contributed by atoms with Gasteiger partial charge in [-0.05, 0) is 76.7 Å². The summed E-state index contributed by atoms with van der Waals surface area (Å²) >= 11 is 3.61. The number of fused-ring (bicyclic) bond motifs is 1. The lowest BCUT2D eigenvalue weighted by atomic mass is 9.89. The molecule has 3 aromatic heterocycles. The molecular formula is C26H25BrN6O2. The fourth-order valence-electron chi connectivity index (χ4n) is 4.41. The topological polar surface area (TPSA) is 96.0 Å². The zero-order chi connectivity index (χ0) is 24.2. The van der Waals surface area contributed by atoms with Crippen molar-refractivity contribution < 1.29 is 9.53 Å². The van der Waals surface area contributed by atoms with E-state index in [1.54, 1.807) is 12.5 Å². The smallest absolute Gasteiger partial charge is 0.245 e. The molecule has 0 spiro atoms. The number of benzene rings is 1. The molecule has 0 atom stereocenters. The Morgan fingerprint density at radius 2 is 2.09 bits per heavy atom. The molecule has 0 radical (unpaired) electrons. The number of halogens is 1. The highest BCUT2D eigenvalue weighted by Crippen LogP contribution is 2.37. The number of anilines is 2. The maximum absolute atomic E-state index is 12.0. The van der Waals surface area contributed by atoms with Crippen LogP contribution >= 0.6 is 15.9 Å². The molecule has 1 fully saturated rings. The van der Waals surface area contributed by atoms with Crippen LogP contribution in [-0.4, -0.2) is 43.8 Å². The summed E-state index contributed by atoms with van der Waals surface area (Å²) in [5, 5.41) is 4.42. The number of aromatic nitrogens is 4. The van der Waals surface area contributed by atoms with Crippen LogP contribution in [0.3, 0.4) is 0 Å². The molecule has 1 saturated heterocycles. The van der Waals surface area contributed by atoms with E-state index in [1.165, 1.54) is 11.6 Å². The lowest BCUT2D eigenvalue weighted by molar-refractivity contribution is -0.127. The SMILES string of the molecule is C=CC(=O)N1CCC(c2c[nH]c3ncnc(Nc4ccc(OCc5ccccn5)c(Br)c4)c23)CC1. The van der Waals surface area contributed by atoms with E-state index in [9.17, 15) is 4.79 Å². The first kappa shape index (κ1) is 23.0. The predicted octanol–water partition coefficient (Wildman–Crippen LogP) is 5.33. The molecule has 5 rings (SSSR count). The Hall–Kier alpha value is -3.72. The number of hydrogen-bond acceptors (Lipinski definition) is 6. The van der Waals surface area contributed by atoms with Gasteiger partial charge in [0.1, 0.15) is 30.1 Å². The molecule has 35 heavy (non-hydrogen) atoms. The Labute approximate surface area is 211 Å². The highest BCUT2D eigenvalue weighted by Gasteiger charge is 2.26. The van der Waals surface area contributed by atoms with Gasteiger partial charge < -0.3 is 19.9 Å². The van der Waals surface area contributed by atoms with Gasteiger partial charge in [0.15, 0.2) is 0 Å². The van der Waals surface area contributed by atoms with Crippen molar-refractivity contribution in [2.75, 3.05) is 18.4 Å². The van der Waals surface area contributed by atoms with E-state index in [0.29, 0.717) is 25.6 Å². The summed E-state index contributed by atoms with van der Waals surface area (Å²) in [7, 11) is 0. The summed E-state index contributed by atoms with van der Waals surface area (Å²) in [4.78, 5) is 30.3. The highest BCUT2D eigenvalue weighted by atomic mass is 79.9. The summed E-state index contributed by atoms with van der Waals surface area (Å²) in [5.74, 6) is 1.78. The average Bonchev–Trinajstić information content (AvgIpc) is 3.34. The fourth-order valence-corrected chi connectivity index (χ4v) is 4.90. The minimum absolute atomic E-state index is 0.00824.